The molecule has 0 heterocycles. The first kappa shape index (κ1) is 16.2. The average Bonchev–Trinajstić information content (AvgIpc) is 1.37. The molecule has 0 fully saturated rings. The van der Waals surface area contributed by atoms with E-state index in [2.05, 4.69) is 0 Å². The van der Waals surface area contributed by atoms with Crippen LogP contribution in [-0.2, 0) is 0 Å². The van der Waals surface area contributed by atoms with Crippen LogP contribution in [0.1, 0.15) is 0 Å². The van der Waals surface area contributed by atoms with Gasteiger partial charge in [0.15, 0.2) is 0 Å². The van der Waals surface area contributed by atoms with Gasteiger partial charge in [0.25, 0.3) is 0 Å². The summed E-state index contributed by atoms with van der Waals surface area (Å²) in [5, 5.41) is 0. The van der Waals surface area contributed by atoms with Gasteiger partial charge in [0.1, 0.15) is 0 Å². The van der Waals surface area contributed by atoms with Gasteiger partial charge in [-0.15, -0.1) is 0 Å². The fraction of sp³-hybridized carbons (Fsp3) is 0. The van der Waals surface area contributed by atoms with E-state index >= 15 is 0 Å². The molecule has 0 nitrogen and oxygen atoms in total. The van der Waals surface area contributed by atoms with Gasteiger partial charge in [-0.05, 0) is 0 Å². The Morgan fingerprint density at radius 1 is 0.833 bits per heavy atom. The van der Waals surface area contributed by atoms with Crippen LogP contribution in [0.15, 0.2) is 0 Å². The monoisotopic (exact) mass is 62.0 g/mol. The van der Waals surface area contributed by atoms with Crippen LogP contribution in [-0.4, -0.2) is 0 Å². The molecule has 0 spiro atoms. The third kappa shape index (κ3) is 27.4. The molecule has 0 saturated carbocycles. The van der Waals surface area contributed by atoms with Crippen LogP contribution in [0.2, 0.25) is 0 Å². The van der Waals surface area contributed by atoms with E-state index in [1.165, 1.54) is 0 Å². The summed E-state index contributed by atoms with van der Waals surface area (Å²) in [6.45, 7) is 0. The molecule has 6 heavy (non-hydrogen) atoms. The molecular formula is C4Li2. The Labute approximate surface area is 62.4 Å². The van der Waals surface area contributed by atoms with Crippen LogP contribution >= 0.6 is 0 Å². The molecule has 0 aliphatic carbocycles. The Morgan fingerprint density at radius 3 is 1.00 bits per heavy atom. The van der Waals surface area contributed by atoms with Gasteiger partial charge in [-0.2, -0.15) is 0 Å². The van der Waals surface area contributed by atoms with Crippen molar-refractivity contribution in [3.63, 3.8) is 0 Å². The first-order valence-corrected chi connectivity index (χ1v) is 0.750. The van der Waals surface area contributed by atoms with Crippen LogP contribution in [0.5, 0.6) is 0 Å². The van der Waals surface area contributed by atoms with Crippen molar-refractivity contribution in [2.75, 3.05) is 0 Å². The van der Waals surface area contributed by atoms with Gasteiger partial charge < -0.3 is 24.7 Å². The van der Waals surface area contributed by atoms with Crippen LogP contribution in [0.25, 0.3) is 0 Å². The SMILES string of the molecule is [C-]#CC#[C-].[Li+].[Li+]. The van der Waals surface area contributed by atoms with Crippen molar-refractivity contribution in [3.8, 4) is 11.8 Å². The van der Waals surface area contributed by atoms with Crippen LogP contribution in [0.3, 0.4) is 0 Å². The summed E-state index contributed by atoms with van der Waals surface area (Å²) in [4.78, 5) is 0. The van der Waals surface area contributed by atoms with Crippen molar-refractivity contribution in [2.45, 2.75) is 0 Å². The Bertz CT molecular complexity index is 60.5. The van der Waals surface area contributed by atoms with E-state index in [1.807, 2.05) is 0 Å². The van der Waals surface area contributed by atoms with Crippen molar-refractivity contribution in [1.82, 2.24) is 0 Å². The predicted molar refractivity (Wildman–Crippen MR) is 14.3 cm³/mol. The van der Waals surface area contributed by atoms with E-state index in [4.69, 9.17) is 12.8 Å². The van der Waals surface area contributed by atoms with Gasteiger partial charge in [-0.3, -0.25) is 0 Å². The summed E-state index contributed by atoms with van der Waals surface area (Å²) in [6, 6.07) is 0. The predicted octanol–water partition coefficient (Wildman–Crippen LogP) is -5.83. The minimum absolute atomic E-state index is 0. The summed E-state index contributed by atoms with van der Waals surface area (Å²) >= 11 is 0. The van der Waals surface area contributed by atoms with E-state index in [-0.39, 0.29) is 37.7 Å². The maximum atomic E-state index is 5.90. The van der Waals surface area contributed by atoms with Crippen molar-refractivity contribution in [3.05, 3.63) is 12.8 Å². The number of hydrogen-bond acceptors (Lipinski definition) is 0. The zero-order chi connectivity index (χ0) is 3.41. The van der Waals surface area contributed by atoms with Gasteiger partial charge >= 0.3 is 37.7 Å². The molecule has 18 valence electrons. The minimum Gasteiger partial charge on any atom is -0.500 e. The molecule has 0 bridgehead atoms. The van der Waals surface area contributed by atoms with E-state index in [0.29, 0.717) is 0 Å². The van der Waals surface area contributed by atoms with E-state index in [0.717, 1.165) is 0 Å². The van der Waals surface area contributed by atoms with E-state index in [1.54, 1.807) is 11.8 Å². The standard InChI is InChI=1S/C4.2Li/c1-3-4-2;;/q-2;2*+1. The van der Waals surface area contributed by atoms with Gasteiger partial charge in [0, 0.05) is 0 Å². The second-order valence-corrected chi connectivity index (χ2v) is 0.250. The molecular weight excluding hydrogens is 61.9 g/mol. The van der Waals surface area contributed by atoms with Crippen LogP contribution in [0, 0.1) is 24.7 Å². The molecule has 0 N–H and O–H groups in total. The Kier molecular flexibility index (Phi) is 50.0. The fourth-order valence-electron chi connectivity index (χ4n) is 0. The fourth-order valence-corrected chi connectivity index (χ4v) is 0. The third-order valence-corrected chi connectivity index (χ3v) is 0.0625. The summed E-state index contributed by atoms with van der Waals surface area (Å²) in [5.74, 6) is 3.19. The summed E-state index contributed by atoms with van der Waals surface area (Å²) in [5.41, 5.74) is 0. The quantitative estimate of drug-likeness (QED) is 0.149. The molecule has 0 rings (SSSR count). The normalized spacial score (nSPS) is 1.67. The Morgan fingerprint density at radius 2 is 1.00 bits per heavy atom. The topological polar surface area (TPSA) is 0 Å². The first-order chi connectivity index (χ1) is 1.91. The molecule has 0 unspecified atom stereocenters. The van der Waals surface area contributed by atoms with E-state index < -0.39 is 0 Å². The Balaban J connectivity index is -0.0000000450. The summed E-state index contributed by atoms with van der Waals surface area (Å²) < 4.78 is 0. The van der Waals surface area contributed by atoms with Gasteiger partial charge in [-0.25, -0.2) is 0 Å². The molecule has 0 aromatic heterocycles. The molecule has 0 saturated heterocycles. The third-order valence-electron chi connectivity index (χ3n) is 0.0625. The summed E-state index contributed by atoms with van der Waals surface area (Å²) in [6.07, 6.45) is 11.8. The molecule has 0 aliphatic heterocycles. The first-order valence-electron chi connectivity index (χ1n) is 0.750. The molecule has 2 heteroatoms. The van der Waals surface area contributed by atoms with Gasteiger partial charge in [0.2, 0.25) is 0 Å². The number of hydrogen-bond donors (Lipinski definition) is 0. The van der Waals surface area contributed by atoms with Crippen molar-refractivity contribution >= 4 is 0 Å². The molecule has 0 aromatic carbocycles. The zero-order valence-corrected chi connectivity index (χ0v) is 4.00. The molecule has 0 aromatic rings. The zero-order valence-electron chi connectivity index (χ0n) is 4.00. The maximum absolute atomic E-state index is 5.90. The molecule has 0 amide bonds. The van der Waals surface area contributed by atoms with Crippen LogP contribution < -0.4 is 37.7 Å². The summed E-state index contributed by atoms with van der Waals surface area (Å²) in [7, 11) is 0. The van der Waals surface area contributed by atoms with Gasteiger partial charge in [0.05, 0.1) is 0 Å². The molecule has 0 atom stereocenters. The smallest absolute Gasteiger partial charge is 0.500 e. The van der Waals surface area contributed by atoms with Crippen molar-refractivity contribution < 1.29 is 37.7 Å². The number of rotatable bonds is 0. The average molecular weight is 61.9 g/mol. The van der Waals surface area contributed by atoms with Crippen molar-refractivity contribution in [2.24, 2.45) is 0 Å². The molecule has 0 aliphatic rings. The van der Waals surface area contributed by atoms with E-state index in [9.17, 15) is 0 Å². The second-order valence-electron chi connectivity index (χ2n) is 0.250. The van der Waals surface area contributed by atoms with Crippen molar-refractivity contribution in [1.29, 1.82) is 0 Å². The van der Waals surface area contributed by atoms with Crippen LogP contribution in [0.4, 0.5) is 0 Å². The largest absolute Gasteiger partial charge is 1.00 e. The maximum Gasteiger partial charge on any atom is 1.00 e. The second kappa shape index (κ2) is 18.5. The Hall–Kier alpha value is 0.315. The minimum atomic E-state index is 0. The van der Waals surface area contributed by atoms with Gasteiger partial charge in [-0.1, -0.05) is 0 Å². The molecule has 0 radical (unpaired) electrons.